The lowest BCUT2D eigenvalue weighted by atomic mass is 9.81. The zero-order chi connectivity index (χ0) is 13.1. The highest BCUT2D eigenvalue weighted by atomic mass is 16.4. The van der Waals surface area contributed by atoms with Gasteiger partial charge in [-0.3, -0.25) is 9.59 Å². The van der Waals surface area contributed by atoms with E-state index in [-0.39, 0.29) is 17.7 Å². The molecule has 1 saturated carbocycles. The number of amides is 1. The van der Waals surface area contributed by atoms with Gasteiger partial charge in [0.25, 0.3) is 0 Å². The lowest BCUT2D eigenvalue weighted by Crippen LogP contribution is -2.41. The summed E-state index contributed by atoms with van der Waals surface area (Å²) < 4.78 is 0. The van der Waals surface area contributed by atoms with Crippen LogP contribution in [0, 0.1) is 11.8 Å². The Balaban J connectivity index is 1.88. The molecule has 0 bridgehead atoms. The van der Waals surface area contributed by atoms with Crippen molar-refractivity contribution in [1.29, 1.82) is 0 Å². The molecule has 1 fully saturated rings. The van der Waals surface area contributed by atoms with E-state index in [1.807, 2.05) is 4.90 Å². The van der Waals surface area contributed by atoms with Crippen LogP contribution >= 0.6 is 0 Å². The minimum atomic E-state index is -0.711. The fourth-order valence-corrected chi connectivity index (χ4v) is 2.95. The van der Waals surface area contributed by atoms with Crippen LogP contribution in [0.25, 0.3) is 0 Å². The molecule has 0 aromatic heterocycles. The lowest BCUT2D eigenvalue weighted by molar-refractivity contribution is -0.145. The number of hydrogen-bond acceptors (Lipinski definition) is 2. The fraction of sp³-hybridized carbons (Fsp3) is 0.714. The van der Waals surface area contributed by atoms with Crippen molar-refractivity contribution in [2.75, 3.05) is 13.1 Å². The zero-order valence-corrected chi connectivity index (χ0v) is 10.9. The summed E-state index contributed by atoms with van der Waals surface area (Å²) >= 11 is 0. The minimum Gasteiger partial charge on any atom is -0.481 e. The molecule has 1 amide bonds. The molecule has 0 spiro atoms. The molecule has 18 heavy (non-hydrogen) atoms. The van der Waals surface area contributed by atoms with Gasteiger partial charge in [0.05, 0.1) is 5.92 Å². The van der Waals surface area contributed by atoms with E-state index in [0.717, 1.165) is 32.4 Å². The summed E-state index contributed by atoms with van der Waals surface area (Å²) in [5.41, 5.74) is 1.26. The molecule has 0 unspecified atom stereocenters. The number of carboxylic acids is 1. The third kappa shape index (κ3) is 2.92. The molecular weight excluding hydrogens is 230 g/mol. The van der Waals surface area contributed by atoms with E-state index in [1.54, 1.807) is 0 Å². The van der Waals surface area contributed by atoms with Gasteiger partial charge in [-0.15, -0.1) is 0 Å². The molecular formula is C14H21NO3. The average Bonchev–Trinajstić information content (AvgIpc) is 2.38. The van der Waals surface area contributed by atoms with Gasteiger partial charge in [-0.2, -0.15) is 0 Å². The molecule has 1 aliphatic carbocycles. The van der Waals surface area contributed by atoms with Gasteiger partial charge in [-0.05, 0) is 39.0 Å². The van der Waals surface area contributed by atoms with Crippen LogP contribution in [0.3, 0.4) is 0 Å². The average molecular weight is 251 g/mol. The second kappa shape index (κ2) is 5.55. The Kier molecular flexibility index (Phi) is 4.04. The predicted molar refractivity (Wildman–Crippen MR) is 68.0 cm³/mol. The van der Waals surface area contributed by atoms with Crippen molar-refractivity contribution >= 4 is 11.9 Å². The highest BCUT2D eigenvalue weighted by Crippen LogP contribution is 2.30. The molecule has 1 aliphatic heterocycles. The van der Waals surface area contributed by atoms with Crippen LogP contribution in [0.1, 0.15) is 39.0 Å². The van der Waals surface area contributed by atoms with Crippen molar-refractivity contribution in [2.24, 2.45) is 11.8 Å². The van der Waals surface area contributed by atoms with Gasteiger partial charge in [0.15, 0.2) is 0 Å². The first-order chi connectivity index (χ1) is 8.58. The van der Waals surface area contributed by atoms with Crippen molar-refractivity contribution in [3.8, 4) is 0 Å². The number of carboxylic acid groups (broad SMARTS) is 1. The van der Waals surface area contributed by atoms with Gasteiger partial charge in [0.1, 0.15) is 0 Å². The van der Waals surface area contributed by atoms with Gasteiger partial charge in [-0.1, -0.05) is 11.6 Å². The maximum atomic E-state index is 12.3. The number of aliphatic carboxylic acids is 1. The lowest BCUT2D eigenvalue weighted by Gasteiger charge is -2.32. The molecule has 4 heteroatoms. The van der Waals surface area contributed by atoms with Crippen LogP contribution in [0.4, 0.5) is 0 Å². The first-order valence-electron chi connectivity index (χ1n) is 6.75. The zero-order valence-electron chi connectivity index (χ0n) is 10.9. The van der Waals surface area contributed by atoms with E-state index in [2.05, 4.69) is 13.0 Å². The van der Waals surface area contributed by atoms with Gasteiger partial charge in [-0.25, -0.2) is 0 Å². The normalized spacial score (nSPS) is 28.7. The second-order valence-corrected chi connectivity index (χ2v) is 5.49. The summed E-state index contributed by atoms with van der Waals surface area (Å²) in [7, 11) is 0. The number of carbonyl (C=O) groups is 2. The first-order valence-corrected chi connectivity index (χ1v) is 6.75. The highest BCUT2D eigenvalue weighted by Gasteiger charge is 2.32. The van der Waals surface area contributed by atoms with E-state index < -0.39 is 5.97 Å². The van der Waals surface area contributed by atoms with Crippen LogP contribution in [-0.2, 0) is 9.59 Å². The fourth-order valence-electron chi connectivity index (χ4n) is 2.95. The maximum absolute atomic E-state index is 12.3. The van der Waals surface area contributed by atoms with Crippen molar-refractivity contribution < 1.29 is 14.7 Å². The molecule has 0 aromatic rings. The van der Waals surface area contributed by atoms with Gasteiger partial charge >= 0.3 is 5.97 Å². The summed E-state index contributed by atoms with van der Waals surface area (Å²) in [5, 5.41) is 8.94. The molecule has 0 radical (unpaired) electrons. The Morgan fingerprint density at radius 1 is 1.22 bits per heavy atom. The summed E-state index contributed by atoms with van der Waals surface area (Å²) in [6, 6.07) is 0. The van der Waals surface area contributed by atoms with E-state index in [4.69, 9.17) is 5.11 Å². The van der Waals surface area contributed by atoms with Crippen LogP contribution in [-0.4, -0.2) is 35.0 Å². The molecule has 0 saturated heterocycles. The summed E-state index contributed by atoms with van der Waals surface area (Å²) in [6.45, 7) is 3.62. The Labute approximate surface area is 108 Å². The number of hydrogen-bond donors (Lipinski definition) is 1. The molecule has 100 valence electrons. The van der Waals surface area contributed by atoms with Crippen LogP contribution < -0.4 is 0 Å². The smallest absolute Gasteiger partial charge is 0.306 e. The van der Waals surface area contributed by atoms with Gasteiger partial charge in [0.2, 0.25) is 5.91 Å². The first kappa shape index (κ1) is 13.1. The van der Waals surface area contributed by atoms with E-state index in [0.29, 0.717) is 12.8 Å². The standard InChI is InChI=1S/C14H21NO3/c1-10-3-2-8-15(9-10)13(16)11-4-6-12(7-5-11)14(17)18/h3,11-12H,2,4-9H2,1H3,(H,17,18). The maximum Gasteiger partial charge on any atom is 0.306 e. The second-order valence-electron chi connectivity index (χ2n) is 5.49. The molecule has 1 heterocycles. The van der Waals surface area contributed by atoms with Gasteiger partial charge < -0.3 is 10.0 Å². The Morgan fingerprint density at radius 2 is 1.83 bits per heavy atom. The third-order valence-corrected chi connectivity index (χ3v) is 4.07. The molecule has 2 aliphatic rings. The minimum absolute atomic E-state index is 0.0477. The van der Waals surface area contributed by atoms with E-state index in [9.17, 15) is 9.59 Å². The van der Waals surface area contributed by atoms with Crippen molar-refractivity contribution in [1.82, 2.24) is 4.90 Å². The molecule has 0 aromatic carbocycles. The Bertz CT molecular complexity index is 367. The number of carbonyl (C=O) groups excluding carboxylic acids is 1. The Morgan fingerprint density at radius 3 is 2.39 bits per heavy atom. The van der Waals surface area contributed by atoms with Gasteiger partial charge in [0, 0.05) is 19.0 Å². The third-order valence-electron chi connectivity index (χ3n) is 4.07. The molecule has 1 N–H and O–H groups in total. The molecule has 2 rings (SSSR count). The molecule has 4 nitrogen and oxygen atoms in total. The van der Waals surface area contributed by atoms with E-state index in [1.165, 1.54) is 5.57 Å². The summed E-state index contributed by atoms with van der Waals surface area (Å²) in [5.74, 6) is -0.674. The van der Waals surface area contributed by atoms with Crippen LogP contribution in [0.5, 0.6) is 0 Å². The number of rotatable bonds is 2. The quantitative estimate of drug-likeness (QED) is 0.764. The predicted octanol–water partition coefficient (Wildman–Crippen LogP) is 2.06. The summed E-state index contributed by atoms with van der Waals surface area (Å²) in [4.78, 5) is 25.1. The van der Waals surface area contributed by atoms with E-state index >= 15 is 0 Å². The number of nitrogens with zero attached hydrogens (tertiary/aromatic N) is 1. The van der Waals surface area contributed by atoms with Crippen LogP contribution in [0.2, 0.25) is 0 Å². The summed E-state index contributed by atoms with van der Waals surface area (Å²) in [6.07, 6.45) is 5.89. The highest BCUT2D eigenvalue weighted by molar-refractivity contribution is 5.80. The SMILES string of the molecule is CC1=CCCN(C(=O)C2CCC(C(=O)O)CC2)C1. The Hall–Kier alpha value is -1.32. The van der Waals surface area contributed by atoms with Crippen molar-refractivity contribution in [3.05, 3.63) is 11.6 Å². The van der Waals surface area contributed by atoms with Crippen molar-refractivity contribution in [3.63, 3.8) is 0 Å². The topological polar surface area (TPSA) is 57.6 Å². The van der Waals surface area contributed by atoms with Crippen molar-refractivity contribution in [2.45, 2.75) is 39.0 Å². The molecule has 0 atom stereocenters. The monoisotopic (exact) mass is 251 g/mol. The van der Waals surface area contributed by atoms with Crippen LogP contribution in [0.15, 0.2) is 11.6 Å². The largest absolute Gasteiger partial charge is 0.481 e.